The Hall–Kier alpha value is -2.29. The van der Waals surface area contributed by atoms with Crippen molar-refractivity contribution in [1.29, 1.82) is 0 Å². The van der Waals surface area contributed by atoms with E-state index in [1.165, 1.54) is 5.52 Å². The molecule has 0 aliphatic rings. The van der Waals surface area contributed by atoms with Crippen LogP contribution in [0.1, 0.15) is 18.5 Å². The number of aromatic nitrogens is 2. The summed E-state index contributed by atoms with van der Waals surface area (Å²) in [5.74, 6) is 1.79. The second kappa shape index (κ2) is 4.53. The average molecular weight is 238 g/mol. The number of hydrogen-bond acceptors (Lipinski definition) is 2. The Morgan fingerprint density at radius 3 is 2.83 bits per heavy atom. The molecule has 0 saturated heterocycles. The van der Waals surface area contributed by atoms with E-state index >= 15 is 0 Å². The summed E-state index contributed by atoms with van der Waals surface area (Å²) in [5.41, 5.74) is 2.19. The van der Waals surface area contributed by atoms with Gasteiger partial charge >= 0.3 is 0 Å². The Morgan fingerprint density at radius 2 is 2.06 bits per heavy atom. The van der Waals surface area contributed by atoms with Crippen LogP contribution in [-0.4, -0.2) is 9.55 Å². The van der Waals surface area contributed by atoms with E-state index in [4.69, 9.17) is 4.42 Å². The van der Waals surface area contributed by atoms with Crippen LogP contribution in [0.3, 0.4) is 0 Å². The molecule has 1 aromatic carbocycles. The van der Waals surface area contributed by atoms with Gasteiger partial charge in [-0.1, -0.05) is 12.1 Å². The summed E-state index contributed by atoms with van der Waals surface area (Å²) in [6.45, 7) is 3.02. The van der Waals surface area contributed by atoms with Crippen LogP contribution in [0.25, 0.3) is 23.2 Å². The molecule has 0 aliphatic carbocycles. The molecule has 0 atom stereocenters. The van der Waals surface area contributed by atoms with Gasteiger partial charge in [0, 0.05) is 6.54 Å². The topological polar surface area (TPSA) is 31.0 Å². The minimum absolute atomic E-state index is 0.838. The van der Waals surface area contributed by atoms with E-state index in [1.54, 1.807) is 6.26 Å². The Bertz CT molecular complexity index is 678. The number of hydrogen-bond donors (Lipinski definition) is 0. The van der Waals surface area contributed by atoms with Gasteiger partial charge in [0.2, 0.25) is 0 Å². The summed E-state index contributed by atoms with van der Waals surface area (Å²) in [6.07, 6.45) is 5.60. The maximum Gasteiger partial charge on any atom is 0.133 e. The highest BCUT2D eigenvalue weighted by molar-refractivity contribution is 5.79. The van der Waals surface area contributed by atoms with Crippen LogP contribution in [0.5, 0.6) is 0 Å². The highest BCUT2D eigenvalue weighted by Gasteiger charge is 2.05. The van der Waals surface area contributed by atoms with Crippen molar-refractivity contribution in [3.8, 4) is 0 Å². The lowest BCUT2D eigenvalue weighted by Gasteiger charge is -2.01. The highest BCUT2D eigenvalue weighted by Crippen LogP contribution is 2.17. The molecule has 0 radical (unpaired) electrons. The average Bonchev–Trinajstić information content (AvgIpc) is 3.03. The number of furan rings is 1. The first kappa shape index (κ1) is 10.8. The number of para-hydroxylation sites is 2. The zero-order valence-electron chi connectivity index (χ0n) is 10.2. The van der Waals surface area contributed by atoms with Crippen molar-refractivity contribution in [2.45, 2.75) is 13.5 Å². The van der Waals surface area contributed by atoms with E-state index in [0.717, 1.165) is 23.6 Å². The number of fused-ring (bicyclic) bond motifs is 1. The van der Waals surface area contributed by atoms with Crippen molar-refractivity contribution in [1.82, 2.24) is 9.55 Å². The summed E-state index contributed by atoms with van der Waals surface area (Å²) in [4.78, 5) is 4.62. The SMILES string of the molecule is CCn1c(/C=C/c2ccco2)nc2ccccc21. The van der Waals surface area contributed by atoms with Crippen LogP contribution in [0.4, 0.5) is 0 Å². The molecule has 0 bridgehead atoms. The van der Waals surface area contributed by atoms with Gasteiger partial charge in [-0.2, -0.15) is 0 Å². The Kier molecular flexibility index (Phi) is 2.73. The Labute approximate surface area is 105 Å². The molecule has 2 aromatic heterocycles. The van der Waals surface area contributed by atoms with Crippen LogP contribution in [-0.2, 0) is 6.54 Å². The molecule has 3 heteroatoms. The summed E-state index contributed by atoms with van der Waals surface area (Å²) in [6, 6.07) is 12.0. The lowest BCUT2D eigenvalue weighted by atomic mass is 10.3. The Balaban J connectivity index is 2.06. The van der Waals surface area contributed by atoms with E-state index < -0.39 is 0 Å². The molecule has 2 heterocycles. The van der Waals surface area contributed by atoms with Crippen LogP contribution in [0.15, 0.2) is 47.1 Å². The monoisotopic (exact) mass is 238 g/mol. The molecule has 0 spiro atoms. The second-order valence-corrected chi connectivity index (χ2v) is 4.05. The van der Waals surface area contributed by atoms with E-state index in [-0.39, 0.29) is 0 Å². The third-order valence-corrected chi connectivity index (χ3v) is 2.94. The molecule has 0 saturated carbocycles. The molecule has 3 nitrogen and oxygen atoms in total. The summed E-state index contributed by atoms with van der Waals surface area (Å²) in [5, 5.41) is 0. The standard InChI is InChI=1S/C15H14N2O/c1-2-17-14-8-4-3-7-13(14)16-15(17)10-9-12-6-5-11-18-12/h3-11H,2H2,1H3/b10-9+. The number of aryl methyl sites for hydroxylation is 1. The number of nitrogens with zero attached hydrogens (tertiary/aromatic N) is 2. The molecule has 0 unspecified atom stereocenters. The minimum Gasteiger partial charge on any atom is -0.465 e. The zero-order valence-corrected chi connectivity index (χ0v) is 10.2. The molecule has 0 N–H and O–H groups in total. The van der Waals surface area contributed by atoms with E-state index in [0.29, 0.717) is 0 Å². The molecule has 0 aliphatic heterocycles. The molecular weight excluding hydrogens is 224 g/mol. The fourth-order valence-electron chi connectivity index (χ4n) is 2.10. The predicted molar refractivity (Wildman–Crippen MR) is 73.0 cm³/mol. The number of rotatable bonds is 3. The van der Waals surface area contributed by atoms with Crippen LogP contribution in [0, 0.1) is 0 Å². The first-order valence-electron chi connectivity index (χ1n) is 6.05. The van der Waals surface area contributed by atoms with E-state index in [2.05, 4.69) is 22.5 Å². The summed E-state index contributed by atoms with van der Waals surface area (Å²) in [7, 11) is 0. The highest BCUT2D eigenvalue weighted by atomic mass is 16.3. The number of benzene rings is 1. The maximum atomic E-state index is 5.28. The van der Waals surface area contributed by atoms with Gasteiger partial charge < -0.3 is 8.98 Å². The fourth-order valence-corrected chi connectivity index (χ4v) is 2.10. The van der Waals surface area contributed by atoms with Crippen molar-refractivity contribution in [2.75, 3.05) is 0 Å². The summed E-state index contributed by atoms with van der Waals surface area (Å²) >= 11 is 0. The summed E-state index contributed by atoms with van der Waals surface area (Å²) < 4.78 is 7.47. The lowest BCUT2D eigenvalue weighted by molar-refractivity contribution is 0.557. The molecule has 3 aromatic rings. The van der Waals surface area contributed by atoms with Crippen molar-refractivity contribution < 1.29 is 4.42 Å². The number of imidazole rings is 1. The van der Waals surface area contributed by atoms with E-state index in [1.807, 2.05) is 42.5 Å². The second-order valence-electron chi connectivity index (χ2n) is 4.05. The maximum absolute atomic E-state index is 5.28. The van der Waals surface area contributed by atoms with Gasteiger partial charge in [0.25, 0.3) is 0 Å². The third-order valence-electron chi connectivity index (χ3n) is 2.94. The van der Waals surface area contributed by atoms with Crippen LogP contribution in [0.2, 0.25) is 0 Å². The quantitative estimate of drug-likeness (QED) is 0.694. The molecular formula is C15H14N2O. The van der Waals surface area contributed by atoms with Crippen LogP contribution < -0.4 is 0 Å². The van der Waals surface area contributed by atoms with Crippen LogP contribution >= 0.6 is 0 Å². The van der Waals surface area contributed by atoms with Crippen molar-refractivity contribution in [3.63, 3.8) is 0 Å². The normalized spacial score (nSPS) is 11.6. The van der Waals surface area contributed by atoms with Gasteiger partial charge in [-0.05, 0) is 43.3 Å². The molecule has 90 valence electrons. The van der Waals surface area contributed by atoms with Crippen molar-refractivity contribution in [2.24, 2.45) is 0 Å². The van der Waals surface area contributed by atoms with Crippen molar-refractivity contribution in [3.05, 3.63) is 54.2 Å². The van der Waals surface area contributed by atoms with Gasteiger partial charge in [-0.3, -0.25) is 0 Å². The fraction of sp³-hybridized carbons (Fsp3) is 0.133. The van der Waals surface area contributed by atoms with Gasteiger partial charge in [-0.15, -0.1) is 0 Å². The molecule has 18 heavy (non-hydrogen) atoms. The lowest BCUT2D eigenvalue weighted by Crippen LogP contribution is -1.96. The van der Waals surface area contributed by atoms with Gasteiger partial charge in [0.1, 0.15) is 11.6 Å². The van der Waals surface area contributed by atoms with Crippen molar-refractivity contribution >= 4 is 23.2 Å². The zero-order chi connectivity index (χ0) is 12.4. The van der Waals surface area contributed by atoms with Gasteiger partial charge in [0.15, 0.2) is 0 Å². The molecule has 0 fully saturated rings. The first-order chi connectivity index (χ1) is 8.88. The van der Waals surface area contributed by atoms with Gasteiger partial charge in [-0.25, -0.2) is 4.98 Å². The first-order valence-corrected chi connectivity index (χ1v) is 6.05. The molecule has 3 rings (SSSR count). The minimum atomic E-state index is 0.838. The third kappa shape index (κ3) is 1.84. The van der Waals surface area contributed by atoms with E-state index in [9.17, 15) is 0 Å². The van der Waals surface area contributed by atoms with Gasteiger partial charge in [0.05, 0.1) is 17.3 Å². The largest absolute Gasteiger partial charge is 0.465 e. The Morgan fingerprint density at radius 1 is 1.17 bits per heavy atom. The predicted octanol–water partition coefficient (Wildman–Crippen LogP) is 3.82. The molecule has 0 amide bonds. The smallest absolute Gasteiger partial charge is 0.133 e.